The van der Waals surface area contributed by atoms with E-state index >= 15 is 0 Å². The van der Waals surface area contributed by atoms with Crippen LogP contribution in [0, 0.1) is 0 Å². The fourth-order valence-corrected chi connectivity index (χ4v) is 4.08. The highest BCUT2D eigenvalue weighted by Crippen LogP contribution is 2.31. The van der Waals surface area contributed by atoms with Gasteiger partial charge >= 0.3 is 0 Å². The number of rotatable bonds is 6. The van der Waals surface area contributed by atoms with Crippen LogP contribution in [0.4, 0.5) is 0 Å². The van der Waals surface area contributed by atoms with Gasteiger partial charge in [-0.2, -0.15) is 0 Å². The molecule has 1 atom stereocenters. The predicted molar refractivity (Wildman–Crippen MR) is 92.5 cm³/mol. The molecular weight excluding hydrogens is 304 g/mol. The lowest BCUT2D eigenvalue weighted by molar-refractivity contribution is -0.127. The lowest BCUT2D eigenvalue weighted by atomic mass is 9.82. The van der Waals surface area contributed by atoms with Crippen molar-refractivity contribution in [3.63, 3.8) is 0 Å². The summed E-state index contributed by atoms with van der Waals surface area (Å²) in [6.07, 6.45) is 10.3. The molecule has 2 fully saturated rings. The van der Waals surface area contributed by atoms with E-state index in [4.69, 9.17) is 4.42 Å². The minimum absolute atomic E-state index is 0.0482. The van der Waals surface area contributed by atoms with E-state index in [9.17, 15) is 9.90 Å². The highest BCUT2D eigenvalue weighted by molar-refractivity contribution is 5.77. The zero-order valence-corrected chi connectivity index (χ0v) is 14.5. The summed E-state index contributed by atoms with van der Waals surface area (Å²) in [6.45, 7) is 2.64. The van der Waals surface area contributed by atoms with E-state index in [-0.39, 0.29) is 18.4 Å². The molecule has 1 saturated heterocycles. The third-order valence-corrected chi connectivity index (χ3v) is 5.47. The zero-order chi connectivity index (χ0) is 16.8. The smallest absolute Gasteiger partial charge is 0.222 e. The number of carbonyl (C=O) groups is 1. The van der Waals surface area contributed by atoms with Crippen LogP contribution >= 0.6 is 0 Å². The maximum Gasteiger partial charge on any atom is 0.222 e. The van der Waals surface area contributed by atoms with Crippen LogP contribution in [0.25, 0.3) is 0 Å². The number of amides is 1. The van der Waals surface area contributed by atoms with Crippen molar-refractivity contribution in [2.75, 3.05) is 19.6 Å². The Labute approximate surface area is 144 Å². The van der Waals surface area contributed by atoms with E-state index in [1.807, 2.05) is 12.1 Å². The topological polar surface area (TPSA) is 65.7 Å². The standard InChI is InChI=1S/C19H30N2O3/c22-18(14-19(23)9-3-1-4-10-19)20-15-16(17-8-7-13-24-17)21-11-5-2-6-12-21/h7-8,13,16,23H,1-6,9-12,14-15H2,(H,20,22). The van der Waals surface area contributed by atoms with Crippen LogP contribution < -0.4 is 5.32 Å². The normalized spacial score (nSPS) is 22.9. The first-order valence-corrected chi connectivity index (χ1v) is 9.43. The molecule has 2 heterocycles. The molecule has 3 rings (SSSR count). The van der Waals surface area contributed by atoms with Gasteiger partial charge in [-0.05, 0) is 50.9 Å². The molecule has 1 aliphatic heterocycles. The van der Waals surface area contributed by atoms with Gasteiger partial charge in [0.2, 0.25) is 5.91 Å². The summed E-state index contributed by atoms with van der Waals surface area (Å²) >= 11 is 0. The van der Waals surface area contributed by atoms with Gasteiger partial charge in [-0.25, -0.2) is 0 Å². The van der Waals surface area contributed by atoms with Gasteiger partial charge in [0.1, 0.15) is 5.76 Å². The molecule has 134 valence electrons. The molecular formula is C19H30N2O3. The summed E-state index contributed by atoms with van der Waals surface area (Å²) < 4.78 is 5.61. The predicted octanol–water partition coefficient (Wildman–Crippen LogP) is 3.01. The van der Waals surface area contributed by atoms with Crippen molar-refractivity contribution in [1.29, 1.82) is 0 Å². The molecule has 1 aromatic rings. The Bertz CT molecular complexity index is 503. The van der Waals surface area contributed by atoms with Gasteiger partial charge in [-0.3, -0.25) is 9.69 Å². The molecule has 5 nitrogen and oxygen atoms in total. The number of likely N-dealkylation sites (tertiary alicyclic amines) is 1. The minimum atomic E-state index is -0.798. The van der Waals surface area contributed by atoms with Crippen LogP contribution in [0.5, 0.6) is 0 Å². The van der Waals surface area contributed by atoms with Crippen LogP contribution in [-0.2, 0) is 4.79 Å². The van der Waals surface area contributed by atoms with Crippen molar-refractivity contribution in [3.8, 4) is 0 Å². The molecule has 1 unspecified atom stereocenters. The van der Waals surface area contributed by atoms with E-state index in [1.165, 1.54) is 25.7 Å². The van der Waals surface area contributed by atoms with E-state index in [0.29, 0.717) is 6.54 Å². The Morgan fingerprint density at radius 3 is 2.58 bits per heavy atom. The summed E-state index contributed by atoms with van der Waals surface area (Å²) in [5.41, 5.74) is -0.798. The molecule has 1 aliphatic carbocycles. The number of piperidine rings is 1. The second-order valence-corrected chi connectivity index (χ2v) is 7.39. The first-order chi connectivity index (χ1) is 11.7. The van der Waals surface area contributed by atoms with Crippen molar-refractivity contribution in [3.05, 3.63) is 24.2 Å². The largest absolute Gasteiger partial charge is 0.468 e. The number of nitrogens with zero attached hydrogens (tertiary/aromatic N) is 1. The molecule has 0 aromatic carbocycles. The number of carbonyl (C=O) groups excluding carboxylic acids is 1. The van der Waals surface area contributed by atoms with Gasteiger partial charge in [0.05, 0.1) is 24.3 Å². The third-order valence-electron chi connectivity index (χ3n) is 5.47. The van der Waals surface area contributed by atoms with Crippen LogP contribution in [0.1, 0.15) is 69.6 Å². The molecule has 1 aromatic heterocycles. The number of hydrogen-bond acceptors (Lipinski definition) is 4. The third kappa shape index (κ3) is 4.61. The average Bonchev–Trinajstić information content (AvgIpc) is 3.10. The number of furan rings is 1. The van der Waals surface area contributed by atoms with Crippen LogP contribution in [0.15, 0.2) is 22.8 Å². The molecule has 0 bridgehead atoms. The van der Waals surface area contributed by atoms with Crippen molar-refractivity contribution < 1.29 is 14.3 Å². The molecule has 0 radical (unpaired) electrons. The lowest BCUT2D eigenvalue weighted by Crippen LogP contribution is -2.43. The summed E-state index contributed by atoms with van der Waals surface area (Å²) in [5, 5.41) is 13.6. The van der Waals surface area contributed by atoms with Gasteiger partial charge in [0.25, 0.3) is 0 Å². The monoisotopic (exact) mass is 334 g/mol. The van der Waals surface area contributed by atoms with Crippen LogP contribution in [0.3, 0.4) is 0 Å². The second kappa shape index (κ2) is 8.17. The lowest BCUT2D eigenvalue weighted by Gasteiger charge is -2.34. The quantitative estimate of drug-likeness (QED) is 0.839. The van der Waals surface area contributed by atoms with Gasteiger partial charge < -0.3 is 14.8 Å². The average molecular weight is 334 g/mol. The van der Waals surface area contributed by atoms with Gasteiger partial charge in [0, 0.05) is 6.54 Å². The first-order valence-electron chi connectivity index (χ1n) is 9.43. The van der Waals surface area contributed by atoms with Crippen LogP contribution in [0.2, 0.25) is 0 Å². The highest BCUT2D eigenvalue weighted by atomic mass is 16.3. The Kier molecular flexibility index (Phi) is 5.95. The minimum Gasteiger partial charge on any atom is -0.468 e. The van der Waals surface area contributed by atoms with E-state index in [1.54, 1.807) is 6.26 Å². The van der Waals surface area contributed by atoms with Gasteiger partial charge in [-0.1, -0.05) is 25.7 Å². The molecule has 1 amide bonds. The number of hydrogen-bond donors (Lipinski definition) is 2. The maximum absolute atomic E-state index is 12.4. The fraction of sp³-hybridized carbons (Fsp3) is 0.737. The Morgan fingerprint density at radius 2 is 1.92 bits per heavy atom. The molecule has 24 heavy (non-hydrogen) atoms. The summed E-state index contributed by atoms with van der Waals surface area (Å²) in [4.78, 5) is 14.8. The highest BCUT2D eigenvalue weighted by Gasteiger charge is 2.32. The van der Waals surface area contributed by atoms with Crippen LogP contribution in [-0.4, -0.2) is 41.1 Å². The van der Waals surface area contributed by atoms with Crippen molar-refractivity contribution >= 4 is 5.91 Å². The molecule has 2 aliphatic rings. The van der Waals surface area contributed by atoms with Gasteiger partial charge in [0.15, 0.2) is 0 Å². The zero-order valence-electron chi connectivity index (χ0n) is 14.5. The van der Waals surface area contributed by atoms with Crippen molar-refractivity contribution in [2.45, 2.75) is 69.4 Å². The summed E-state index contributed by atoms with van der Waals surface area (Å²) in [6, 6.07) is 3.98. The number of nitrogens with one attached hydrogen (secondary N) is 1. The molecule has 1 saturated carbocycles. The maximum atomic E-state index is 12.4. The van der Waals surface area contributed by atoms with E-state index in [0.717, 1.165) is 44.5 Å². The summed E-state index contributed by atoms with van der Waals surface area (Å²) in [7, 11) is 0. The Morgan fingerprint density at radius 1 is 1.21 bits per heavy atom. The van der Waals surface area contributed by atoms with Crippen molar-refractivity contribution in [2.24, 2.45) is 0 Å². The van der Waals surface area contributed by atoms with Crippen molar-refractivity contribution in [1.82, 2.24) is 10.2 Å². The number of aliphatic hydroxyl groups is 1. The fourth-order valence-electron chi connectivity index (χ4n) is 4.08. The summed E-state index contributed by atoms with van der Waals surface area (Å²) in [5.74, 6) is 0.863. The second-order valence-electron chi connectivity index (χ2n) is 7.39. The first kappa shape index (κ1) is 17.5. The van der Waals surface area contributed by atoms with Gasteiger partial charge in [-0.15, -0.1) is 0 Å². The van der Waals surface area contributed by atoms with E-state index in [2.05, 4.69) is 10.2 Å². The Hall–Kier alpha value is -1.33. The van der Waals surface area contributed by atoms with E-state index < -0.39 is 5.60 Å². The SMILES string of the molecule is O=C(CC1(O)CCCCC1)NCC(c1ccco1)N1CCCCC1. The Balaban J connectivity index is 1.55. The molecule has 0 spiro atoms. The molecule has 5 heteroatoms. The molecule has 2 N–H and O–H groups in total.